The molecule has 2 aromatic carbocycles. The Kier molecular flexibility index (Phi) is 4.17. The van der Waals surface area contributed by atoms with Crippen molar-refractivity contribution in [2.45, 2.75) is 25.7 Å². The normalized spacial score (nSPS) is 31.1. The molecular formula is C23H17FN4O2. The molecule has 7 heteroatoms. The predicted octanol–water partition coefficient (Wildman–Crippen LogP) is 4.25. The molecule has 2 saturated heterocycles. The summed E-state index contributed by atoms with van der Waals surface area (Å²) < 4.78 is 26.9. The lowest BCUT2D eigenvalue weighted by Crippen LogP contribution is -2.57. The molecule has 2 fully saturated rings. The molecule has 2 aliphatic heterocycles. The maximum absolute atomic E-state index is 14.8. The number of halogens is 1. The van der Waals surface area contributed by atoms with Crippen molar-refractivity contribution >= 4 is 5.90 Å². The summed E-state index contributed by atoms with van der Waals surface area (Å²) in [6.45, 7) is 3.52. The molecule has 4 unspecified atom stereocenters. The first-order valence-corrected chi connectivity index (χ1v) is 9.34. The van der Waals surface area contributed by atoms with Gasteiger partial charge in [-0.05, 0) is 13.0 Å². The van der Waals surface area contributed by atoms with Gasteiger partial charge in [-0.2, -0.15) is 15.8 Å². The van der Waals surface area contributed by atoms with Crippen LogP contribution >= 0.6 is 0 Å². The summed E-state index contributed by atoms with van der Waals surface area (Å²) in [6.07, 6.45) is -1.45. The van der Waals surface area contributed by atoms with Gasteiger partial charge in [0, 0.05) is 11.1 Å². The summed E-state index contributed by atoms with van der Waals surface area (Å²) in [5.74, 6) is -3.71. The zero-order valence-electron chi connectivity index (χ0n) is 16.3. The number of fused-ring (bicyclic) bond motifs is 2. The molecule has 0 aromatic heterocycles. The number of benzene rings is 2. The van der Waals surface area contributed by atoms with Crippen LogP contribution in [0, 0.1) is 68.9 Å². The Morgan fingerprint density at radius 3 is 2.20 bits per heavy atom. The highest BCUT2D eigenvalue weighted by molar-refractivity contribution is 5.89. The zero-order valence-corrected chi connectivity index (χ0v) is 16.3. The number of hydrogen-bond acceptors (Lipinski definition) is 6. The monoisotopic (exact) mass is 400 g/mol. The average Bonchev–Trinajstić information content (AvgIpc) is 2.91. The van der Waals surface area contributed by atoms with Crippen molar-refractivity contribution in [1.29, 1.82) is 21.2 Å². The van der Waals surface area contributed by atoms with Crippen LogP contribution in [0.25, 0.3) is 0 Å². The van der Waals surface area contributed by atoms with Crippen LogP contribution in [0.3, 0.4) is 0 Å². The highest BCUT2D eigenvalue weighted by Gasteiger charge is 2.79. The van der Waals surface area contributed by atoms with Gasteiger partial charge in [0.2, 0.25) is 17.1 Å². The van der Waals surface area contributed by atoms with Crippen molar-refractivity contribution in [1.82, 2.24) is 0 Å². The van der Waals surface area contributed by atoms with Gasteiger partial charge in [-0.3, -0.25) is 5.41 Å². The van der Waals surface area contributed by atoms with Crippen LogP contribution < -0.4 is 0 Å². The molecule has 0 saturated carbocycles. The van der Waals surface area contributed by atoms with Crippen LogP contribution in [0.15, 0.2) is 48.5 Å². The molecule has 6 nitrogen and oxygen atoms in total. The van der Waals surface area contributed by atoms with Gasteiger partial charge < -0.3 is 9.47 Å². The minimum Gasteiger partial charge on any atom is -0.443 e. The number of nitrogens with zero attached hydrogens (tertiary/aromatic N) is 3. The van der Waals surface area contributed by atoms with Crippen molar-refractivity contribution < 1.29 is 13.9 Å². The zero-order chi connectivity index (χ0) is 21.7. The van der Waals surface area contributed by atoms with Crippen LogP contribution in [0.4, 0.5) is 4.39 Å². The summed E-state index contributed by atoms with van der Waals surface area (Å²) in [5, 5.41) is 39.0. The lowest BCUT2D eigenvalue weighted by atomic mass is 9.53. The molecule has 148 valence electrons. The van der Waals surface area contributed by atoms with Crippen LogP contribution in [-0.4, -0.2) is 5.90 Å². The lowest BCUT2D eigenvalue weighted by Gasteiger charge is -2.48. The largest absolute Gasteiger partial charge is 0.443 e. The van der Waals surface area contributed by atoms with Gasteiger partial charge in [0.05, 0.1) is 24.1 Å². The van der Waals surface area contributed by atoms with E-state index in [0.29, 0.717) is 5.56 Å². The van der Waals surface area contributed by atoms with E-state index in [1.54, 1.807) is 25.1 Å². The second-order valence-corrected chi connectivity index (χ2v) is 7.66. The molecule has 2 heterocycles. The Morgan fingerprint density at radius 1 is 1.00 bits per heavy atom. The van der Waals surface area contributed by atoms with Crippen molar-refractivity contribution in [3.05, 3.63) is 71.0 Å². The fraction of sp³-hybridized carbons (Fsp3) is 0.304. The van der Waals surface area contributed by atoms with Crippen molar-refractivity contribution in [2.24, 2.45) is 16.7 Å². The van der Waals surface area contributed by atoms with Crippen LogP contribution in [0.1, 0.15) is 29.7 Å². The Labute approximate surface area is 173 Å². The maximum atomic E-state index is 14.8. The van der Waals surface area contributed by atoms with Crippen LogP contribution in [0.2, 0.25) is 0 Å². The number of aryl methyl sites for hydroxylation is 1. The third-order valence-electron chi connectivity index (χ3n) is 6.31. The number of nitriles is 3. The molecule has 2 aromatic rings. The number of ether oxygens (including phenoxy) is 2. The van der Waals surface area contributed by atoms with E-state index in [9.17, 15) is 20.2 Å². The third kappa shape index (κ3) is 2.09. The predicted molar refractivity (Wildman–Crippen MR) is 103 cm³/mol. The smallest absolute Gasteiger partial charge is 0.244 e. The molecule has 0 radical (unpaired) electrons. The van der Waals surface area contributed by atoms with Crippen LogP contribution in [0.5, 0.6) is 0 Å². The molecular weight excluding hydrogens is 383 g/mol. The molecule has 0 aliphatic carbocycles. The Morgan fingerprint density at radius 2 is 1.63 bits per heavy atom. The highest BCUT2D eigenvalue weighted by Crippen LogP contribution is 2.69. The van der Waals surface area contributed by atoms with E-state index in [0.717, 1.165) is 5.56 Å². The average molecular weight is 400 g/mol. The Hall–Kier alpha value is -3.73. The molecule has 2 bridgehead atoms. The fourth-order valence-corrected chi connectivity index (χ4v) is 4.62. The van der Waals surface area contributed by atoms with E-state index in [-0.39, 0.29) is 5.56 Å². The Bertz CT molecular complexity index is 1160. The van der Waals surface area contributed by atoms with Gasteiger partial charge >= 0.3 is 0 Å². The fourth-order valence-electron chi connectivity index (χ4n) is 4.62. The molecule has 4 rings (SSSR count). The van der Waals surface area contributed by atoms with E-state index < -0.39 is 40.4 Å². The first kappa shape index (κ1) is 19.6. The van der Waals surface area contributed by atoms with E-state index in [4.69, 9.17) is 14.9 Å². The van der Waals surface area contributed by atoms with Crippen LogP contribution in [-0.2, 0) is 15.3 Å². The molecule has 2 aliphatic rings. The standard InChI is InChI=1S/C23H17FN4O2/c1-14-7-9-16(10-8-14)23-15(2)22(13-27,20(28)30-23)21(11-25,12-26)19(29-23)17-5-3-4-6-18(17)24/h3-10,15,19,28H,1-2H3. The van der Waals surface area contributed by atoms with Crippen molar-refractivity contribution in [2.75, 3.05) is 0 Å². The summed E-state index contributed by atoms with van der Waals surface area (Å²) >= 11 is 0. The van der Waals surface area contributed by atoms with E-state index in [1.807, 2.05) is 37.3 Å². The van der Waals surface area contributed by atoms with Gasteiger partial charge in [-0.25, -0.2) is 4.39 Å². The first-order chi connectivity index (χ1) is 14.3. The summed E-state index contributed by atoms with van der Waals surface area (Å²) in [4.78, 5) is 0. The van der Waals surface area contributed by atoms with E-state index in [1.165, 1.54) is 18.2 Å². The minimum atomic E-state index is -2.19. The quantitative estimate of drug-likeness (QED) is 0.810. The number of nitrogens with one attached hydrogen (secondary N) is 1. The van der Waals surface area contributed by atoms with Gasteiger partial charge in [-0.1, -0.05) is 55.0 Å². The van der Waals surface area contributed by atoms with Crippen molar-refractivity contribution in [3.8, 4) is 18.2 Å². The second kappa shape index (κ2) is 6.39. The van der Waals surface area contributed by atoms with Gasteiger partial charge in [0.1, 0.15) is 11.9 Å². The molecule has 0 spiro atoms. The topological polar surface area (TPSA) is 114 Å². The lowest BCUT2D eigenvalue weighted by molar-refractivity contribution is -0.289. The molecule has 4 atom stereocenters. The third-order valence-corrected chi connectivity index (χ3v) is 6.31. The summed E-state index contributed by atoms with van der Waals surface area (Å²) in [6, 6.07) is 18.6. The SMILES string of the molecule is Cc1ccc(C23OC(=N)C(C#N)(C2C)C(C#N)(C#N)C(c2ccccc2F)O3)cc1. The van der Waals surface area contributed by atoms with Gasteiger partial charge in [-0.15, -0.1) is 0 Å². The second-order valence-electron chi connectivity index (χ2n) is 7.66. The Balaban J connectivity index is 2.06. The molecule has 1 N–H and O–H groups in total. The first-order valence-electron chi connectivity index (χ1n) is 9.34. The summed E-state index contributed by atoms with van der Waals surface area (Å²) in [7, 11) is 0. The minimum absolute atomic E-state index is 0.0399. The van der Waals surface area contributed by atoms with Gasteiger partial charge in [0.15, 0.2) is 5.41 Å². The summed E-state index contributed by atoms with van der Waals surface area (Å²) in [5.41, 5.74) is -2.68. The van der Waals surface area contributed by atoms with E-state index >= 15 is 0 Å². The van der Waals surface area contributed by atoms with Crippen molar-refractivity contribution in [3.63, 3.8) is 0 Å². The number of hydrogen-bond donors (Lipinski definition) is 1. The highest BCUT2D eigenvalue weighted by atomic mass is 19.1. The molecule has 0 amide bonds. The number of rotatable bonds is 2. The maximum Gasteiger partial charge on any atom is 0.244 e. The van der Waals surface area contributed by atoms with E-state index in [2.05, 4.69) is 0 Å². The molecule has 30 heavy (non-hydrogen) atoms. The van der Waals surface area contributed by atoms with Gasteiger partial charge in [0.25, 0.3) is 0 Å².